The Kier molecular flexibility index (Phi) is 10.3. The number of aromatic nitrogens is 3. The van der Waals surface area contributed by atoms with Crippen LogP contribution in [0.4, 0.5) is 5.82 Å². The van der Waals surface area contributed by atoms with Crippen molar-refractivity contribution in [3.05, 3.63) is 53.5 Å². The van der Waals surface area contributed by atoms with E-state index in [0.29, 0.717) is 11.3 Å². The highest BCUT2D eigenvalue weighted by Crippen LogP contribution is 2.49. The first-order valence-corrected chi connectivity index (χ1v) is 17.1. The number of esters is 1. The molecule has 5 N–H and O–H groups in total. The molecule has 3 heterocycles. The predicted octanol–water partition coefficient (Wildman–Crippen LogP) is 3.19. The summed E-state index contributed by atoms with van der Waals surface area (Å²) in [5, 5.41) is 39.2. The molecule has 0 unspecified atom stereocenters. The highest BCUT2D eigenvalue weighted by Gasteiger charge is 2.58. The fraction of sp³-hybridized carbons (Fsp3) is 0.548. The molecule has 2 aromatic heterocycles. The number of nitrogens with one attached hydrogen (secondary N) is 1. The van der Waals surface area contributed by atoms with Crippen molar-refractivity contribution in [2.75, 3.05) is 18.9 Å². The van der Waals surface area contributed by atoms with Crippen LogP contribution in [0.2, 0.25) is 0 Å². The Morgan fingerprint density at radius 2 is 2.02 bits per heavy atom. The Morgan fingerprint density at radius 3 is 2.76 bits per heavy atom. The largest absolute Gasteiger partial charge is 0.464 e. The molecule has 5 rings (SSSR count). The second-order valence-corrected chi connectivity index (χ2v) is 13.4. The van der Waals surface area contributed by atoms with Crippen molar-refractivity contribution in [1.82, 2.24) is 19.7 Å². The number of nitriles is 1. The van der Waals surface area contributed by atoms with Crippen molar-refractivity contribution < 1.29 is 38.1 Å². The lowest BCUT2D eigenvalue weighted by Crippen LogP contribution is -2.41. The topological polar surface area (TPSA) is 204 Å². The number of rotatable bonds is 13. The van der Waals surface area contributed by atoms with Gasteiger partial charge in [0.2, 0.25) is 5.60 Å². The van der Waals surface area contributed by atoms with Gasteiger partial charge in [-0.1, -0.05) is 38.8 Å². The number of aryl methyl sites for hydroxylation is 1. The molecule has 0 amide bonds. The van der Waals surface area contributed by atoms with E-state index in [-0.39, 0.29) is 24.0 Å². The first-order valence-electron chi connectivity index (χ1n) is 15.6. The van der Waals surface area contributed by atoms with Gasteiger partial charge in [-0.3, -0.25) is 9.32 Å². The lowest BCUT2D eigenvalue weighted by molar-refractivity contribution is -0.146. The van der Waals surface area contributed by atoms with Crippen LogP contribution >= 0.6 is 7.75 Å². The van der Waals surface area contributed by atoms with Gasteiger partial charge in [-0.25, -0.2) is 14.1 Å². The zero-order chi connectivity index (χ0) is 33.1. The van der Waals surface area contributed by atoms with Gasteiger partial charge in [0.05, 0.1) is 18.9 Å². The summed E-state index contributed by atoms with van der Waals surface area (Å²) in [6.45, 7) is 5.17. The number of nitrogen functional groups attached to an aromatic ring is 1. The van der Waals surface area contributed by atoms with Crippen molar-refractivity contribution in [2.45, 2.75) is 89.3 Å². The molecule has 3 aromatic rings. The molecule has 1 aromatic carbocycles. The Balaban J connectivity index is 1.39. The molecule has 0 saturated carbocycles. The second-order valence-electron chi connectivity index (χ2n) is 11.7. The molecular weight excluding hydrogens is 615 g/mol. The molecule has 1 saturated heterocycles. The molecule has 1 fully saturated rings. The number of aliphatic hydroxyl groups is 2. The third-order valence-corrected chi connectivity index (χ3v) is 10.4. The number of nitrogens with two attached hydrogens (primary N) is 1. The van der Waals surface area contributed by atoms with E-state index in [1.165, 1.54) is 23.8 Å². The molecule has 14 nitrogen and oxygen atoms in total. The third kappa shape index (κ3) is 6.62. The van der Waals surface area contributed by atoms with Gasteiger partial charge in [0.1, 0.15) is 48.0 Å². The Morgan fingerprint density at radius 1 is 1.26 bits per heavy atom. The lowest BCUT2D eigenvalue weighted by atomic mass is 9.91. The van der Waals surface area contributed by atoms with Gasteiger partial charge in [0.15, 0.2) is 5.82 Å². The van der Waals surface area contributed by atoms with Crippen LogP contribution in [0, 0.1) is 17.2 Å². The maximum atomic E-state index is 14.4. The summed E-state index contributed by atoms with van der Waals surface area (Å²) < 4.78 is 39.0. The quantitative estimate of drug-likeness (QED) is 0.154. The summed E-state index contributed by atoms with van der Waals surface area (Å²) in [7, 11) is -4.36. The number of hydrogen-bond donors (Lipinski definition) is 4. The minimum absolute atomic E-state index is 0.107. The molecule has 0 spiro atoms. The highest BCUT2D eigenvalue weighted by molar-refractivity contribution is 7.52. The number of hydrogen-bond acceptors (Lipinski definition) is 12. The summed E-state index contributed by atoms with van der Waals surface area (Å²) in [6, 6.07) is 9.42. The van der Waals surface area contributed by atoms with Crippen molar-refractivity contribution >= 4 is 25.1 Å². The Labute approximate surface area is 267 Å². The molecule has 46 heavy (non-hydrogen) atoms. The molecule has 0 radical (unpaired) electrons. The van der Waals surface area contributed by atoms with Gasteiger partial charge in [0, 0.05) is 0 Å². The van der Waals surface area contributed by atoms with Gasteiger partial charge >= 0.3 is 13.7 Å². The van der Waals surface area contributed by atoms with Crippen LogP contribution in [0.1, 0.15) is 63.3 Å². The van der Waals surface area contributed by atoms with Crippen LogP contribution < -0.4 is 15.3 Å². The highest BCUT2D eigenvalue weighted by atomic mass is 31.2. The van der Waals surface area contributed by atoms with Crippen LogP contribution in [0.25, 0.3) is 5.52 Å². The molecule has 0 bridgehead atoms. The lowest BCUT2D eigenvalue weighted by Gasteiger charge is -2.27. The van der Waals surface area contributed by atoms with E-state index in [2.05, 4.69) is 15.2 Å². The van der Waals surface area contributed by atoms with E-state index in [1.807, 2.05) is 26.0 Å². The first-order chi connectivity index (χ1) is 22.1. The van der Waals surface area contributed by atoms with Crippen LogP contribution in [0.15, 0.2) is 36.7 Å². The minimum atomic E-state index is -4.36. The fourth-order valence-electron chi connectivity index (χ4n) is 5.91. The van der Waals surface area contributed by atoms with Gasteiger partial charge in [-0.05, 0) is 67.9 Å². The summed E-state index contributed by atoms with van der Waals surface area (Å²) in [5.74, 6) is 0.0514. The van der Waals surface area contributed by atoms with E-state index >= 15 is 0 Å². The van der Waals surface area contributed by atoms with E-state index in [9.17, 15) is 24.8 Å². The van der Waals surface area contributed by atoms with Crippen LogP contribution in [-0.2, 0) is 41.8 Å². The number of benzene rings is 1. The molecule has 6 atom stereocenters. The summed E-state index contributed by atoms with van der Waals surface area (Å²) in [6.07, 6.45) is 1.70. The number of carbonyl (C=O) groups is 1. The van der Waals surface area contributed by atoms with Gasteiger partial charge < -0.3 is 29.9 Å². The van der Waals surface area contributed by atoms with Gasteiger partial charge in [-0.15, -0.1) is 0 Å². The minimum Gasteiger partial charge on any atom is -0.464 e. The molecule has 248 valence electrons. The summed E-state index contributed by atoms with van der Waals surface area (Å²) in [4.78, 5) is 16.8. The zero-order valence-corrected chi connectivity index (χ0v) is 27.1. The summed E-state index contributed by atoms with van der Waals surface area (Å²) in [5.41, 5.74) is 6.32. The Hall–Kier alpha value is -3.57. The average molecular weight is 657 g/mol. The van der Waals surface area contributed by atoms with E-state index in [1.54, 1.807) is 18.2 Å². The van der Waals surface area contributed by atoms with Crippen molar-refractivity contribution in [3.63, 3.8) is 0 Å². The van der Waals surface area contributed by atoms with E-state index in [4.69, 9.17) is 24.3 Å². The third-order valence-electron chi connectivity index (χ3n) is 8.79. The summed E-state index contributed by atoms with van der Waals surface area (Å²) >= 11 is 0. The standard InChI is InChI=1S/C31H41N6O8P/c1-4-20(5-2)15-42-30(40)19(3)36-46(41,45-24-12-8-10-21-9-6-7-11-22(21)24)43-16-25-27(38)28(39)31(17-32,44-25)26-14-13-23-29(33)34-18-35-37(23)26/h8,10,12-14,18-20,25,27-28,38-39H,4-7,9,11,15-16H2,1-3H3,(H,36,41)(H2,33,34,35)/t19-,25+,27+,28+,31-,46-/m0/s1. The molecule has 2 aliphatic rings. The van der Waals surface area contributed by atoms with E-state index < -0.39 is 50.3 Å². The van der Waals surface area contributed by atoms with Crippen LogP contribution in [-0.4, -0.2) is 68.3 Å². The zero-order valence-electron chi connectivity index (χ0n) is 26.2. The SMILES string of the molecule is CCC(CC)COC(=O)[C@H](C)N[P@](=O)(OC[C@H]1O[C@@](C#N)(c2ccc3c(N)ncnn23)[C@H](O)[C@@H]1O)Oc1cccc2c1CCCC2. The number of anilines is 1. The maximum Gasteiger partial charge on any atom is 0.459 e. The number of aliphatic hydroxyl groups excluding tert-OH is 2. The predicted molar refractivity (Wildman–Crippen MR) is 166 cm³/mol. The van der Waals surface area contributed by atoms with Crippen molar-refractivity contribution in [2.24, 2.45) is 5.92 Å². The normalized spacial score (nSPS) is 24.7. The van der Waals surface area contributed by atoms with Crippen molar-refractivity contribution in [3.8, 4) is 11.8 Å². The van der Waals surface area contributed by atoms with Crippen LogP contribution in [0.3, 0.4) is 0 Å². The first kappa shape index (κ1) is 33.8. The van der Waals surface area contributed by atoms with E-state index in [0.717, 1.165) is 49.7 Å². The second kappa shape index (κ2) is 14.0. The monoisotopic (exact) mass is 656 g/mol. The molecule has 1 aliphatic heterocycles. The van der Waals surface area contributed by atoms with Gasteiger partial charge in [-0.2, -0.15) is 15.4 Å². The molecular formula is C31H41N6O8P. The smallest absolute Gasteiger partial charge is 0.459 e. The molecule has 1 aliphatic carbocycles. The van der Waals surface area contributed by atoms with Gasteiger partial charge in [0.25, 0.3) is 0 Å². The van der Waals surface area contributed by atoms with Crippen molar-refractivity contribution in [1.29, 1.82) is 5.26 Å². The number of fused-ring (bicyclic) bond motifs is 2. The number of nitrogens with zero attached hydrogens (tertiary/aromatic N) is 4. The molecule has 15 heteroatoms. The maximum absolute atomic E-state index is 14.4. The number of ether oxygens (including phenoxy) is 2. The Bertz CT molecular complexity index is 1640. The number of carbonyl (C=O) groups excluding carboxylic acids is 1. The fourth-order valence-corrected chi connectivity index (χ4v) is 7.45. The average Bonchev–Trinajstić information content (AvgIpc) is 3.60. The van der Waals surface area contributed by atoms with Crippen LogP contribution in [0.5, 0.6) is 5.75 Å².